The van der Waals surface area contributed by atoms with Crippen LogP contribution in [0.25, 0.3) is 0 Å². The minimum Gasteiger partial charge on any atom is -0.394 e. The van der Waals surface area contributed by atoms with Crippen LogP contribution in [0.4, 0.5) is 0 Å². The lowest BCUT2D eigenvalue weighted by molar-refractivity contribution is -0.0525. The molecule has 0 bridgehead atoms. The normalized spacial score (nSPS) is 32.9. The number of nitrogens with one attached hydrogen (secondary N) is 1. The van der Waals surface area contributed by atoms with Gasteiger partial charge in [0.15, 0.2) is 6.23 Å². The van der Waals surface area contributed by atoms with E-state index in [1.807, 2.05) is 0 Å². The molecule has 94 valence electrons. The Balaban J connectivity index is 2.19. The molecule has 0 saturated carbocycles. The fraction of sp³-hybridized carbons (Fsp3) is 0.500. The molecule has 7 nitrogen and oxygen atoms in total. The first-order chi connectivity index (χ1) is 8.04. The fourth-order valence-electron chi connectivity index (χ4n) is 1.86. The van der Waals surface area contributed by atoms with Crippen LogP contribution in [0.15, 0.2) is 18.5 Å². The molecule has 7 heteroatoms. The van der Waals surface area contributed by atoms with Crippen molar-refractivity contribution in [1.82, 2.24) is 4.57 Å². The van der Waals surface area contributed by atoms with E-state index in [0.29, 0.717) is 5.56 Å². The average Bonchev–Trinajstić information content (AvgIpc) is 2.87. The second-order valence-corrected chi connectivity index (χ2v) is 3.99. The summed E-state index contributed by atoms with van der Waals surface area (Å²) in [5.74, 6) is -0.0875. The van der Waals surface area contributed by atoms with Gasteiger partial charge in [-0.1, -0.05) is 0 Å². The number of nitrogen functional groups attached to an aromatic ring is 1. The molecule has 6 N–H and O–H groups in total. The van der Waals surface area contributed by atoms with Crippen LogP contribution in [-0.4, -0.2) is 50.6 Å². The summed E-state index contributed by atoms with van der Waals surface area (Å²) in [6.07, 6.45) is -0.708. The molecule has 0 radical (unpaired) electrons. The maximum Gasteiger partial charge on any atom is 0.162 e. The standard InChI is InChI=1S/C10H15N3O4/c11-9(12)5-1-2-13(3-5)10-8(16)7(15)6(4-14)17-10/h1-3,6-8,10,14-16H,4H2,(H3,11,12)/t6-,7-,8-,10?/m1/s1. The van der Waals surface area contributed by atoms with Gasteiger partial charge in [-0.15, -0.1) is 0 Å². The molecule has 0 spiro atoms. The molecule has 1 aromatic heterocycles. The molecular formula is C10H15N3O4. The van der Waals surface area contributed by atoms with Crippen LogP contribution in [0.1, 0.15) is 11.8 Å². The lowest BCUT2D eigenvalue weighted by Crippen LogP contribution is -2.33. The molecule has 0 aromatic carbocycles. The number of amidine groups is 1. The molecule has 1 aromatic rings. The second kappa shape index (κ2) is 4.46. The molecule has 1 fully saturated rings. The Morgan fingerprint density at radius 3 is 2.65 bits per heavy atom. The summed E-state index contributed by atoms with van der Waals surface area (Å²) in [5.41, 5.74) is 5.82. The van der Waals surface area contributed by atoms with Gasteiger partial charge in [-0.05, 0) is 6.07 Å². The smallest absolute Gasteiger partial charge is 0.162 e. The van der Waals surface area contributed by atoms with Crippen LogP contribution in [0.5, 0.6) is 0 Å². The highest BCUT2D eigenvalue weighted by atomic mass is 16.6. The van der Waals surface area contributed by atoms with Crippen LogP contribution in [0, 0.1) is 5.41 Å². The highest BCUT2D eigenvalue weighted by Crippen LogP contribution is 2.29. The van der Waals surface area contributed by atoms with E-state index in [0.717, 1.165) is 0 Å². The minimum absolute atomic E-state index is 0.0875. The number of aliphatic hydroxyl groups excluding tert-OH is 3. The van der Waals surface area contributed by atoms with E-state index in [2.05, 4.69) is 0 Å². The molecule has 1 unspecified atom stereocenters. The summed E-state index contributed by atoms with van der Waals surface area (Å²) in [7, 11) is 0. The predicted octanol–water partition coefficient (Wildman–Crippen LogP) is -1.62. The highest BCUT2D eigenvalue weighted by Gasteiger charge is 2.43. The van der Waals surface area contributed by atoms with E-state index in [9.17, 15) is 10.2 Å². The Labute approximate surface area is 97.6 Å². The lowest BCUT2D eigenvalue weighted by atomic mass is 10.1. The van der Waals surface area contributed by atoms with Gasteiger partial charge >= 0.3 is 0 Å². The maximum absolute atomic E-state index is 9.77. The highest BCUT2D eigenvalue weighted by molar-refractivity contribution is 5.94. The molecule has 1 saturated heterocycles. The third-order valence-electron chi connectivity index (χ3n) is 2.84. The van der Waals surface area contributed by atoms with E-state index in [1.165, 1.54) is 4.57 Å². The Kier molecular flexibility index (Phi) is 3.16. The fourth-order valence-corrected chi connectivity index (χ4v) is 1.86. The SMILES string of the molecule is N=C(N)c1ccn(C2O[C@H](CO)[C@@H](O)[C@H]2O)c1. The van der Waals surface area contributed by atoms with Crippen LogP contribution in [0.3, 0.4) is 0 Å². The van der Waals surface area contributed by atoms with E-state index >= 15 is 0 Å². The van der Waals surface area contributed by atoms with Gasteiger partial charge in [-0.3, -0.25) is 5.41 Å². The van der Waals surface area contributed by atoms with E-state index in [4.69, 9.17) is 21.0 Å². The van der Waals surface area contributed by atoms with Gasteiger partial charge in [-0.2, -0.15) is 0 Å². The molecule has 1 aliphatic heterocycles. The van der Waals surface area contributed by atoms with Crippen molar-refractivity contribution in [2.24, 2.45) is 5.73 Å². The van der Waals surface area contributed by atoms with Gasteiger partial charge in [-0.25, -0.2) is 0 Å². The Hall–Kier alpha value is -1.41. The van der Waals surface area contributed by atoms with E-state index in [-0.39, 0.29) is 12.4 Å². The lowest BCUT2D eigenvalue weighted by Gasteiger charge is -2.16. The number of aromatic nitrogens is 1. The maximum atomic E-state index is 9.77. The van der Waals surface area contributed by atoms with Crippen LogP contribution >= 0.6 is 0 Å². The van der Waals surface area contributed by atoms with Gasteiger partial charge in [0.2, 0.25) is 0 Å². The average molecular weight is 241 g/mol. The molecule has 2 rings (SSSR count). The quantitative estimate of drug-likeness (QED) is 0.321. The van der Waals surface area contributed by atoms with Gasteiger partial charge in [0.05, 0.1) is 6.61 Å². The molecule has 0 aliphatic carbocycles. The number of hydrogen-bond acceptors (Lipinski definition) is 5. The Morgan fingerprint density at radius 2 is 2.18 bits per heavy atom. The van der Waals surface area contributed by atoms with Crippen molar-refractivity contribution in [1.29, 1.82) is 5.41 Å². The third kappa shape index (κ3) is 2.05. The molecule has 2 heterocycles. The van der Waals surface area contributed by atoms with Crippen LogP contribution in [0.2, 0.25) is 0 Å². The Bertz CT molecular complexity index is 419. The van der Waals surface area contributed by atoms with Crippen LogP contribution < -0.4 is 5.73 Å². The molecule has 17 heavy (non-hydrogen) atoms. The first-order valence-corrected chi connectivity index (χ1v) is 5.19. The number of hydrogen-bond donors (Lipinski definition) is 5. The van der Waals surface area contributed by atoms with E-state index < -0.39 is 24.5 Å². The molecule has 0 amide bonds. The summed E-state index contributed by atoms with van der Waals surface area (Å²) in [4.78, 5) is 0. The van der Waals surface area contributed by atoms with E-state index in [1.54, 1.807) is 18.5 Å². The summed E-state index contributed by atoms with van der Waals surface area (Å²) >= 11 is 0. The zero-order chi connectivity index (χ0) is 12.6. The van der Waals surface area contributed by atoms with Crippen molar-refractivity contribution in [2.75, 3.05) is 6.61 Å². The van der Waals surface area contributed by atoms with Crippen molar-refractivity contribution in [2.45, 2.75) is 24.5 Å². The van der Waals surface area contributed by atoms with Gasteiger partial charge in [0.1, 0.15) is 24.1 Å². The van der Waals surface area contributed by atoms with Gasteiger partial charge in [0.25, 0.3) is 0 Å². The van der Waals surface area contributed by atoms with Crippen molar-refractivity contribution in [3.63, 3.8) is 0 Å². The van der Waals surface area contributed by atoms with Gasteiger partial charge < -0.3 is 30.4 Å². The molecule has 1 aliphatic rings. The summed E-state index contributed by atoms with van der Waals surface area (Å²) in [6.45, 7) is -0.366. The first-order valence-electron chi connectivity index (χ1n) is 5.19. The Morgan fingerprint density at radius 1 is 1.47 bits per heavy atom. The zero-order valence-electron chi connectivity index (χ0n) is 9.02. The van der Waals surface area contributed by atoms with Gasteiger partial charge in [0, 0.05) is 18.0 Å². The molecular weight excluding hydrogens is 226 g/mol. The number of nitrogens with two attached hydrogens (primary N) is 1. The largest absolute Gasteiger partial charge is 0.394 e. The number of aliphatic hydroxyl groups is 3. The molecule has 4 atom stereocenters. The second-order valence-electron chi connectivity index (χ2n) is 3.99. The number of ether oxygens (including phenoxy) is 1. The van der Waals surface area contributed by atoms with Crippen molar-refractivity contribution >= 4 is 5.84 Å². The van der Waals surface area contributed by atoms with Crippen molar-refractivity contribution in [3.8, 4) is 0 Å². The topological polar surface area (TPSA) is 125 Å². The van der Waals surface area contributed by atoms with Crippen molar-refractivity contribution < 1.29 is 20.1 Å². The first kappa shape index (κ1) is 12.1. The minimum atomic E-state index is -1.13. The summed E-state index contributed by atoms with van der Waals surface area (Å²) in [5, 5.41) is 35.6. The monoisotopic (exact) mass is 241 g/mol. The number of rotatable bonds is 3. The van der Waals surface area contributed by atoms with Crippen molar-refractivity contribution in [3.05, 3.63) is 24.0 Å². The third-order valence-corrected chi connectivity index (χ3v) is 2.84. The summed E-state index contributed by atoms with van der Waals surface area (Å²) in [6, 6.07) is 1.61. The predicted molar refractivity (Wildman–Crippen MR) is 58.5 cm³/mol. The number of nitrogens with zero attached hydrogens (tertiary/aromatic N) is 1. The summed E-state index contributed by atoms with van der Waals surface area (Å²) < 4.78 is 6.83. The van der Waals surface area contributed by atoms with Crippen LogP contribution in [-0.2, 0) is 4.74 Å². The zero-order valence-corrected chi connectivity index (χ0v) is 9.02.